The van der Waals surface area contributed by atoms with Gasteiger partial charge in [-0.1, -0.05) is 73.7 Å². The third-order valence-electron chi connectivity index (χ3n) is 9.76. The zero-order chi connectivity index (χ0) is 34.5. The van der Waals surface area contributed by atoms with Crippen LogP contribution in [-0.4, -0.2) is 89.2 Å². The van der Waals surface area contributed by atoms with E-state index in [1.165, 1.54) is 5.56 Å². The van der Waals surface area contributed by atoms with Gasteiger partial charge in [-0.3, -0.25) is 19.4 Å². The minimum absolute atomic E-state index is 0.0130. The van der Waals surface area contributed by atoms with Crippen molar-refractivity contribution in [2.45, 2.75) is 63.6 Å². The highest BCUT2D eigenvalue weighted by atomic mass is 19.4. The maximum atomic E-state index is 13.2. The fraction of sp³-hybridized carbons (Fsp3) is 0.459. The lowest BCUT2D eigenvalue weighted by atomic mass is 9.90. The van der Waals surface area contributed by atoms with Crippen molar-refractivity contribution in [3.63, 3.8) is 0 Å². The number of alkyl halides is 3. The number of benzene rings is 3. The number of hydrogen-bond donors (Lipinski definition) is 2. The number of rotatable bonds is 9. The molecule has 49 heavy (non-hydrogen) atoms. The van der Waals surface area contributed by atoms with Gasteiger partial charge in [0, 0.05) is 63.0 Å². The monoisotopic (exact) mass is 680 g/mol. The lowest BCUT2D eigenvalue weighted by Crippen LogP contribution is -2.51. The molecule has 9 nitrogen and oxygen atoms in total. The molecule has 0 unspecified atom stereocenters. The molecular weight excluding hydrogens is 637 g/mol. The van der Waals surface area contributed by atoms with Gasteiger partial charge in [0.25, 0.3) is 0 Å². The molecule has 12 heteroatoms. The molecule has 3 aromatic carbocycles. The Balaban J connectivity index is 1.16. The van der Waals surface area contributed by atoms with Gasteiger partial charge in [-0.05, 0) is 41.7 Å². The molecular formula is C37H43F3N4O5. The van der Waals surface area contributed by atoms with Crippen LogP contribution in [0.25, 0.3) is 0 Å². The van der Waals surface area contributed by atoms with Gasteiger partial charge in [0.2, 0.25) is 5.91 Å². The predicted octanol–water partition coefficient (Wildman–Crippen LogP) is 5.28. The molecule has 3 fully saturated rings. The number of aliphatic hydroxyl groups excluding tert-OH is 1. The Morgan fingerprint density at radius 2 is 1.57 bits per heavy atom. The van der Waals surface area contributed by atoms with Crippen molar-refractivity contribution in [1.82, 2.24) is 14.7 Å². The van der Waals surface area contributed by atoms with Gasteiger partial charge in [-0.15, -0.1) is 0 Å². The molecule has 3 saturated heterocycles. The number of anilines is 1. The second-order valence-electron chi connectivity index (χ2n) is 13.2. The van der Waals surface area contributed by atoms with Crippen LogP contribution in [0.5, 0.6) is 0 Å². The van der Waals surface area contributed by atoms with E-state index >= 15 is 0 Å². The third-order valence-corrected chi connectivity index (χ3v) is 9.76. The summed E-state index contributed by atoms with van der Waals surface area (Å²) in [7, 11) is 0. The Bertz CT molecular complexity index is 1570. The summed E-state index contributed by atoms with van der Waals surface area (Å²) in [6.07, 6.45) is -5.88. The van der Waals surface area contributed by atoms with E-state index in [4.69, 9.17) is 9.47 Å². The first kappa shape index (κ1) is 35.0. The van der Waals surface area contributed by atoms with Crippen molar-refractivity contribution in [1.29, 1.82) is 0 Å². The number of carbonyl (C=O) groups is 2. The molecule has 0 radical (unpaired) electrons. The van der Waals surface area contributed by atoms with Crippen LogP contribution < -0.4 is 5.32 Å². The number of piperazine rings is 1. The number of carbonyl (C=O) groups excluding carboxylic acids is 2. The van der Waals surface area contributed by atoms with Crippen LogP contribution in [0.1, 0.15) is 54.4 Å². The van der Waals surface area contributed by atoms with Crippen LogP contribution in [0, 0.1) is 5.92 Å². The molecule has 262 valence electrons. The highest BCUT2D eigenvalue weighted by Gasteiger charge is 2.48. The molecule has 2 N–H and O–H groups in total. The van der Waals surface area contributed by atoms with Gasteiger partial charge in [0.1, 0.15) is 6.04 Å². The van der Waals surface area contributed by atoms with E-state index < -0.39 is 30.3 Å². The van der Waals surface area contributed by atoms with E-state index in [9.17, 15) is 27.9 Å². The van der Waals surface area contributed by atoms with Crippen molar-refractivity contribution in [2.24, 2.45) is 5.92 Å². The molecule has 0 saturated carbocycles. The summed E-state index contributed by atoms with van der Waals surface area (Å²) in [6.45, 7) is 7.23. The lowest BCUT2D eigenvalue weighted by molar-refractivity contribution is -0.276. The minimum Gasteiger partial charge on any atom is -0.392 e. The molecule has 0 bridgehead atoms. The van der Waals surface area contributed by atoms with Gasteiger partial charge in [0.15, 0.2) is 6.29 Å². The smallest absolute Gasteiger partial charge is 0.392 e. The highest BCUT2D eigenvalue weighted by Crippen LogP contribution is 2.42. The topological polar surface area (TPSA) is 94.6 Å². The molecule has 5 atom stereocenters. The van der Waals surface area contributed by atoms with E-state index in [-0.39, 0.29) is 37.7 Å². The SMILES string of the molecule is C[C@@H]1[C@H](CN2CCN(Cc3ccccc3)CC2)O[C@H](c2cccc(NC(=O)[C@@H]3CCCN3C(=O)C(F)(F)F)c2)O[C@@H]1c1ccc(CO)cc1. The fourth-order valence-electron chi connectivity index (χ4n) is 6.99. The lowest BCUT2D eigenvalue weighted by Gasteiger charge is -2.44. The zero-order valence-corrected chi connectivity index (χ0v) is 27.5. The van der Waals surface area contributed by atoms with E-state index in [2.05, 4.69) is 46.3 Å². The predicted molar refractivity (Wildman–Crippen MR) is 177 cm³/mol. The van der Waals surface area contributed by atoms with Crippen LogP contribution in [0.3, 0.4) is 0 Å². The zero-order valence-electron chi connectivity index (χ0n) is 27.5. The molecule has 0 spiro atoms. The Kier molecular flexibility index (Phi) is 11.0. The number of nitrogens with one attached hydrogen (secondary N) is 1. The van der Waals surface area contributed by atoms with Crippen LogP contribution >= 0.6 is 0 Å². The molecule has 0 aliphatic carbocycles. The Hall–Kier alpha value is -3.81. The Labute approximate surface area is 284 Å². The van der Waals surface area contributed by atoms with Crippen LogP contribution in [0.4, 0.5) is 18.9 Å². The number of hydrogen-bond acceptors (Lipinski definition) is 7. The van der Waals surface area contributed by atoms with Crippen molar-refractivity contribution in [3.8, 4) is 0 Å². The molecule has 6 rings (SSSR count). The maximum absolute atomic E-state index is 13.2. The van der Waals surface area contributed by atoms with E-state index in [0.29, 0.717) is 29.1 Å². The van der Waals surface area contributed by atoms with E-state index in [0.717, 1.165) is 43.9 Å². The number of amides is 2. The number of ether oxygens (including phenoxy) is 2. The summed E-state index contributed by atoms with van der Waals surface area (Å²) in [4.78, 5) is 30.5. The third kappa shape index (κ3) is 8.50. The summed E-state index contributed by atoms with van der Waals surface area (Å²) < 4.78 is 52.7. The Morgan fingerprint density at radius 1 is 0.857 bits per heavy atom. The second-order valence-corrected chi connectivity index (χ2v) is 13.2. The number of halogens is 3. The largest absolute Gasteiger partial charge is 0.471 e. The van der Waals surface area contributed by atoms with Gasteiger partial charge in [-0.2, -0.15) is 13.2 Å². The van der Waals surface area contributed by atoms with Gasteiger partial charge in [-0.25, -0.2) is 0 Å². The highest BCUT2D eigenvalue weighted by molar-refractivity contribution is 5.98. The average molecular weight is 681 g/mol. The summed E-state index contributed by atoms with van der Waals surface area (Å²) in [6, 6.07) is 23.8. The summed E-state index contributed by atoms with van der Waals surface area (Å²) >= 11 is 0. The first-order valence-corrected chi connectivity index (χ1v) is 16.9. The molecule has 2 amide bonds. The van der Waals surface area contributed by atoms with Crippen molar-refractivity contribution < 1.29 is 37.3 Å². The van der Waals surface area contributed by atoms with Gasteiger partial charge in [0.05, 0.1) is 18.8 Å². The summed E-state index contributed by atoms with van der Waals surface area (Å²) in [5, 5.41) is 12.3. The normalized spacial score (nSPS) is 25.3. The van der Waals surface area contributed by atoms with Crippen molar-refractivity contribution in [2.75, 3.05) is 44.6 Å². The Morgan fingerprint density at radius 3 is 2.27 bits per heavy atom. The molecule has 3 heterocycles. The van der Waals surface area contributed by atoms with Crippen molar-refractivity contribution >= 4 is 17.5 Å². The minimum atomic E-state index is -5.04. The average Bonchev–Trinajstić information content (AvgIpc) is 3.60. The first-order valence-electron chi connectivity index (χ1n) is 16.9. The summed E-state index contributed by atoms with van der Waals surface area (Å²) in [5.74, 6) is -2.68. The van der Waals surface area contributed by atoms with E-state index in [1.54, 1.807) is 18.2 Å². The van der Waals surface area contributed by atoms with Gasteiger partial charge >= 0.3 is 12.1 Å². The first-order chi connectivity index (χ1) is 23.6. The maximum Gasteiger partial charge on any atom is 0.471 e. The van der Waals surface area contributed by atoms with Crippen LogP contribution in [0.2, 0.25) is 0 Å². The van der Waals surface area contributed by atoms with Crippen LogP contribution in [-0.2, 0) is 32.2 Å². The molecule has 0 aromatic heterocycles. The number of aliphatic hydroxyl groups is 1. The fourth-order valence-corrected chi connectivity index (χ4v) is 6.99. The number of likely N-dealkylation sites (tertiary alicyclic amines) is 1. The molecule has 3 aromatic rings. The van der Waals surface area contributed by atoms with Crippen LogP contribution in [0.15, 0.2) is 78.9 Å². The second kappa shape index (κ2) is 15.4. The molecule has 3 aliphatic heterocycles. The summed E-state index contributed by atoms with van der Waals surface area (Å²) in [5.41, 5.74) is 4.06. The quantitative estimate of drug-likeness (QED) is 0.318. The van der Waals surface area contributed by atoms with Gasteiger partial charge < -0.3 is 24.8 Å². The van der Waals surface area contributed by atoms with E-state index in [1.807, 2.05) is 36.4 Å². The standard InChI is InChI=1S/C37H43F3N4O5/c1-25-32(23-43-19-17-42(18-20-43)22-26-7-3-2-4-8-26)48-35(49-33(25)28-14-12-27(24-45)13-15-28)29-9-5-10-30(21-29)41-34(46)31-11-6-16-44(31)36(47)37(38,39)40/h2-5,7-10,12-15,21,25,31-33,35,45H,6,11,16-20,22-24H2,1H3,(H,41,46)/t25-,31+,32+,33+,35+/m1/s1. The number of nitrogens with zero attached hydrogens (tertiary/aromatic N) is 3. The molecule has 3 aliphatic rings. The van der Waals surface area contributed by atoms with Crippen molar-refractivity contribution in [3.05, 3.63) is 101 Å².